The van der Waals surface area contributed by atoms with E-state index in [2.05, 4.69) is 16.0 Å². The molecule has 8 heteroatoms. The van der Waals surface area contributed by atoms with Crippen LogP contribution in [0.1, 0.15) is 22.2 Å². The van der Waals surface area contributed by atoms with Crippen molar-refractivity contribution in [2.75, 3.05) is 32.0 Å². The fourth-order valence-corrected chi connectivity index (χ4v) is 3.07. The Labute approximate surface area is 162 Å². The number of carbonyl (C=O) groups excluding carboxylic acids is 3. The number of rotatable bonds is 9. The third-order valence-electron chi connectivity index (χ3n) is 3.86. The van der Waals surface area contributed by atoms with E-state index in [9.17, 15) is 14.4 Å². The Morgan fingerprint density at radius 1 is 1.07 bits per heavy atom. The number of thiophene rings is 1. The first-order chi connectivity index (χ1) is 13.0. The van der Waals surface area contributed by atoms with Crippen molar-refractivity contribution in [1.82, 2.24) is 15.5 Å². The van der Waals surface area contributed by atoms with Crippen molar-refractivity contribution in [3.8, 4) is 0 Å². The molecule has 0 radical (unpaired) electrons. The molecule has 3 N–H and O–H groups in total. The predicted molar refractivity (Wildman–Crippen MR) is 107 cm³/mol. The van der Waals surface area contributed by atoms with E-state index < -0.39 is 0 Å². The van der Waals surface area contributed by atoms with Gasteiger partial charge in [-0.1, -0.05) is 19.1 Å². The van der Waals surface area contributed by atoms with Crippen LogP contribution in [0.5, 0.6) is 0 Å². The number of hydrogen-bond donors (Lipinski definition) is 3. The lowest BCUT2D eigenvalue weighted by Crippen LogP contribution is -2.40. The summed E-state index contributed by atoms with van der Waals surface area (Å²) in [5, 5.41) is 10.1. The number of hydrogen-bond acceptors (Lipinski definition) is 5. The van der Waals surface area contributed by atoms with Crippen LogP contribution in [0.15, 0.2) is 41.8 Å². The van der Waals surface area contributed by atoms with Crippen molar-refractivity contribution < 1.29 is 14.4 Å². The first-order valence-electron chi connectivity index (χ1n) is 8.65. The van der Waals surface area contributed by atoms with Gasteiger partial charge in [0, 0.05) is 23.2 Å². The van der Waals surface area contributed by atoms with Crippen LogP contribution in [-0.4, -0.2) is 49.3 Å². The summed E-state index contributed by atoms with van der Waals surface area (Å²) in [6.07, 6.45) is 0. The van der Waals surface area contributed by atoms with Gasteiger partial charge in [-0.05, 0) is 36.2 Å². The Kier molecular flexibility index (Phi) is 7.97. The Bertz CT molecular complexity index is 777. The minimum atomic E-state index is -0.239. The van der Waals surface area contributed by atoms with E-state index in [1.54, 1.807) is 47.5 Å². The lowest BCUT2D eigenvalue weighted by molar-refractivity contribution is -0.123. The number of amides is 3. The number of carbonyl (C=O) groups is 3. The minimum Gasteiger partial charge on any atom is -0.355 e. The summed E-state index contributed by atoms with van der Waals surface area (Å²) >= 11 is 1.59. The predicted octanol–water partition coefficient (Wildman–Crippen LogP) is 1.68. The molecule has 0 spiro atoms. The van der Waals surface area contributed by atoms with Crippen molar-refractivity contribution in [2.45, 2.75) is 13.5 Å². The maximum atomic E-state index is 12.3. The van der Waals surface area contributed by atoms with Crippen LogP contribution in [-0.2, 0) is 16.1 Å². The van der Waals surface area contributed by atoms with Crippen molar-refractivity contribution in [1.29, 1.82) is 0 Å². The summed E-state index contributed by atoms with van der Waals surface area (Å²) in [5.41, 5.74) is 1.01. The molecule has 0 saturated heterocycles. The highest BCUT2D eigenvalue weighted by molar-refractivity contribution is 7.09. The molecule has 3 amide bonds. The molecule has 7 nitrogen and oxygen atoms in total. The van der Waals surface area contributed by atoms with E-state index >= 15 is 0 Å². The van der Waals surface area contributed by atoms with Gasteiger partial charge in [-0.2, -0.15) is 0 Å². The number of nitrogens with zero attached hydrogens (tertiary/aromatic N) is 1. The molecule has 0 atom stereocenters. The van der Waals surface area contributed by atoms with E-state index in [1.807, 2.05) is 24.4 Å². The quantitative estimate of drug-likeness (QED) is 0.610. The van der Waals surface area contributed by atoms with Crippen LogP contribution in [0.2, 0.25) is 0 Å². The molecule has 0 aliphatic rings. The van der Waals surface area contributed by atoms with Gasteiger partial charge in [0.1, 0.15) is 0 Å². The number of nitrogens with one attached hydrogen (secondary N) is 3. The third kappa shape index (κ3) is 6.84. The van der Waals surface area contributed by atoms with Gasteiger partial charge in [-0.25, -0.2) is 0 Å². The molecule has 1 aromatic heterocycles. The maximum absolute atomic E-state index is 12.3. The first kappa shape index (κ1) is 20.6. The van der Waals surface area contributed by atoms with Crippen molar-refractivity contribution in [2.24, 2.45) is 0 Å². The third-order valence-corrected chi connectivity index (χ3v) is 4.73. The van der Waals surface area contributed by atoms with E-state index in [-0.39, 0.29) is 30.8 Å². The minimum absolute atomic E-state index is 0.0904. The van der Waals surface area contributed by atoms with Crippen LogP contribution in [0, 0.1) is 0 Å². The summed E-state index contributed by atoms with van der Waals surface area (Å²) in [6.45, 7) is 3.19. The Hall–Kier alpha value is -2.71. The van der Waals surface area contributed by atoms with Crippen molar-refractivity contribution >= 4 is 34.7 Å². The highest BCUT2D eigenvalue weighted by atomic mass is 32.1. The van der Waals surface area contributed by atoms with E-state index in [1.165, 1.54) is 0 Å². The topological polar surface area (TPSA) is 90.5 Å². The van der Waals surface area contributed by atoms with Gasteiger partial charge in [0.2, 0.25) is 11.8 Å². The summed E-state index contributed by atoms with van der Waals surface area (Å²) in [6, 6.07) is 10.6. The Balaban J connectivity index is 1.83. The first-order valence-corrected chi connectivity index (χ1v) is 9.53. The van der Waals surface area contributed by atoms with Gasteiger partial charge in [0.05, 0.1) is 19.6 Å². The Morgan fingerprint density at radius 3 is 2.52 bits per heavy atom. The highest BCUT2D eigenvalue weighted by Crippen LogP contribution is 2.11. The van der Waals surface area contributed by atoms with Crippen LogP contribution in [0.3, 0.4) is 0 Å². The van der Waals surface area contributed by atoms with Gasteiger partial charge in [0.15, 0.2) is 0 Å². The van der Waals surface area contributed by atoms with E-state index in [0.717, 1.165) is 4.88 Å². The van der Waals surface area contributed by atoms with E-state index in [0.29, 0.717) is 24.3 Å². The molecule has 144 valence electrons. The molecular weight excluding hydrogens is 364 g/mol. The lowest BCUT2D eigenvalue weighted by atomic mass is 10.2. The van der Waals surface area contributed by atoms with Crippen LogP contribution in [0.4, 0.5) is 5.69 Å². The van der Waals surface area contributed by atoms with Gasteiger partial charge in [0.25, 0.3) is 5.91 Å². The fraction of sp³-hybridized carbons (Fsp3) is 0.316. The molecule has 0 unspecified atom stereocenters. The monoisotopic (exact) mass is 388 g/mol. The molecule has 0 fully saturated rings. The average molecular weight is 388 g/mol. The molecule has 2 aromatic rings. The second kappa shape index (κ2) is 10.4. The summed E-state index contributed by atoms with van der Waals surface area (Å²) in [4.78, 5) is 38.9. The molecule has 2 rings (SSSR count). The molecule has 0 bridgehead atoms. The maximum Gasteiger partial charge on any atom is 0.251 e. The summed E-state index contributed by atoms with van der Waals surface area (Å²) in [5.74, 6) is -0.583. The average Bonchev–Trinajstić information content (AvgIpc) is 3.19. The van der Waals surface area contributed by atoms with Gasteiger partial charge < -0.3 is 16.0 Å². The smallest absolute Gasteiger partial charge is 0.251 e. The molecule has 0 aliphatic heterocycles. The largest absolute Gasteiger partial charge is 0.355 e. The molecule has 0 aliphatic carbocycles. The molecule has 1 aromatic carbocycles. The van der Waals surface area contributed by atoms with Crippen LogP contribution < -0.4 is 16.0 Å². The zero-order valence-corrected chi connectivity index (χ0v) is 16.3. The number of benzene rings is 1. The van der Waals surface area contributed by atoms with Crippen LogP contribution in [0.25, 0.3) is 0 Å². The summed E-state index contributed by atoms with van der Waals surface area (Å²) in [7, 11) is 1.55. The number of anilines is 1. The number of likely N-dealkylation sites (N-methyl/N-ethyl adjacent to an activating group) is 1. The van der Waals surface area contributed by atoms with E-state index in [4.69, 9.17) is 0 Å². The highest BCUT2D eigenvalue weighted by Gasteiger charge is 2.14. The van der Waals surface area contributed by atoms with Crippen molar-refractivity contribution in [3.05, 3.63) is 52.2 Å². The van der Waals surface area contributed by atoms with Crippen molar-refractivity contribution in [3.63, 3.8) is 0 Å². The Morgan fingerprint density at radius 2 is 1.85 bits per heavy atom. The molecule has 27 heavy (non-hydrogen) atoms. The second-order valence-corrected chi connectivity index (χ2v) is 6.90. The standard InChI is InChI=1S/C19H24N4O3S/c1-3-23(12-17(24)21-11-16-8-5-9-27-16)13-18(25)22-15-7-4-6-14(10-15)19(26)20-2/h4-10H,3,11-13H2,1-2H3,(H,20,26)(H,21,24)(H,22,25). The lowest BCUT2D eigenvalue weighted by Gasteiger charge is -2.19. The SMILES string of the molecule is CCN(CC(=O)NCc1cccs1)CC(=O)Nc1cccc(C(=O)NC)c1. The van der Waals surface area contributed by atoms with Crippen LogP contribution >= 0.6 is 11.3 Å². The van der Waals surface area contributed by atoms with Gasteiger partial charge in [-0.3, -0.25) is 19.3 Å². The normalized spacial score (nSPS) is 10.5. The second-order valence-electron chi connectivity index (χ2n) is 5.87. The molecule has 1 heterocycles. The zero-order chi connectivity index (χ0) is 19.6. The molecule has 0 saturated carbocycles. The summed E-state index contributed by atoms with van der Waals surface area (Å²) < 4.78 is 0. The molecular formula is C19H24N4O3S. The van der Waals surface area contributed by atoms with Gasteiger partial charge >= 0.3 is 0 Å². The zero-order valence-electron chi connectivity index (χ0n) is 15.5. The van der Waals surface area contributed by atoms with Gasteiger partial charge in [-0.15, -0.1) is 11.3 Å². The fourth-order valence-electron chi connectivity index (χ4n) is 2.42.